The molecule has 0 aromatic carbocycles. The molecule has 0 aliphatic carbocycles. The van der Waals surface area contributed by atoms with Crippen LogP contribution in [0.3, 0.4) is 0 Å². The summed E-state index contributed by atoms with van der Waals surface area (Å²) in [4.78, 5) is 0. The van der Waals surface area contributed by atoms with Crippen molar-refractivity contribution in [1.29, 1.82) is 5.26 Å². The number of nitrogens with two attached hydrogens (primary N) is 1. The molecule has 0 aliphatic heterocycles. The number of hydrogen-bond donors (Lipinski definition) is 2. The molecule has 9 heavy (non-hydrogen) atoms. The number of aliphatic hydroxyl groups is 1. The van der Waals surface area contributed by atoms with Crippen LogP contribution in [0, 0.1) is 11.3 Å². The minimum absolute atomic E-state index is 0.440. The van der Waals surface area contributed by atoms with E-state index in [1.165, 1.54) is 0 Å². The number of nitriles is 1. The molecule has 0 bridgehead atoms. The Balaban J connectivity index is 0. The van der Waals surface area contributed by atoms with E-state index in [1.807, 2.05) is 13.8 Å². The van der Waals surface area contributed by atoms with Crippen molar-refractivity contribution < 1.29 is 5.11 Å². The molecule has 0 rings (SSSR count). The second-order valence-electron chi connectivity index (χ2n) is 1.43. The highest BCUT2D eigenvalue weighted by Crippen LogP contribution is 1.82. The van der Waals surface area contributed by atoms with E-state index in [0.29, 0.717) is 0 Å². The van der Waals surface area contributed by atoms with Gasteiger partial charge < -0.3 is 10.8 Å². The van der Waals surface area contributed by atoms with Crippen LogP contribution in [-0.2, 0) is 0 Å². The van der Waals surface area contributed by atoms with Gasteiger partial charge in [-0.15, -0.1) is 0 Å². The zero-order chi connectivity index (χ0) is 7.86. The summed E-state index contributed by atoms with van der Waals surface area (Å²) in [6.45, 7) is 5.58. The summed E-state index contributed by atoms with van der Waals surface area (Å²) < 4.78 is 0. The fourth-order valence-electron chi connectivity index (χ4n) is 0.118. The van der Waals surface area contributed by atoms with E-state index in [-0.39, 0.29) is 0 Å². The van der Waals surface area contributed by atoms with Gasteiger partial charge in [-0.1, -0.05) is 13.8 Å². The third-order valence-corrected chi connectivity index (χ3v) is 0.630. The van der Waals surface area contributed by atoms with Crippen molar-refractivity contribution in [1.82, 2.24) is 0 Å². The monoisotopic (exact) mass is 130 g/mol. The summed E-state index contributed by atoms with van der Waals surface area (Å²) in [5, 5.41) is 16.4. The molecule has 0 aromatic heterocycles. The van der Waals surface area contributed by atoms with Crippen LogP contribution >= 0.6 is 0 Å². The van der Waals surface area contributed by atoms with Gasteiger partial charge in [-0.25, -0.2) is 0 Å². The van der Waals surface area contributed by atoms with Crippen LogP contribution < -0.4 is 5.73 Å². The summed E-state index contributed by atoms with van der Waals surface area (Å²) in [6.07, 6.45) is -1.01. The van der Waals surface area contributed by atoms with Crippen LogP contribution in [0.15, 0.2) is 0 Å². The zero-order valence-electron chi connectivity index (χ0n) is 6.13. The first kappa shape index (κ1) is 11.2. The molecule has 2 atom stereocenters. The molecular weight excluding hydrogens is 116 g/mol. The molecule has 0 saturated heterocycles. The maximum Gasteiger partial charge on any atom is 0.155 e. The van der Waals surface area contributed by atoms with E-state index in [4.69, 9.17) is 16.1 Å². The predicted octanol–water partition coefficient (Wildman–Crippen LogP) is 0.244. The van der Waals surface area contributed by atoms with Crippen LogP contribution in [0.1, 0.15) is 20.8 Å². The minimum Gasteiger partial charge on any atom is -0.376 e. The normalized spacial score (nSPS) is 14.2. The van der Waals surface area contributed by atoms with E-state index >= 15 is 0 Å². The van der Waals surface area contributed by atoms with Gasteiger partial charge in [0, 0.05) is 6.04 Å². The first-order valence-corrected chi connectivity index (χ1v) is 3.01. The SMILES string of the molecule is CC.CC(N)C(O)C#N. The Morgan fingerprint density at radius 3 is 1.89 bits per heavy atom. The lowest BCUT2D eigenvalue weighted by molar-refractivity contribution is 0.205. The lowest BCUT2D eigenvalue weighted by atomic mass is 10.2. The standard InChI is InChI=1S/C4H8N2O.C2H6/c1-3(6)4(7)2-5;1-2/h3-4,7H,6H2,1H3;1-2H3. The van der Waals surface area contributed by atoms with Crippen molar-refractivity contribution in [3.05, 3.63) is 0 Å². The number of hydrogen-bond acceptors (Lipinski definition) is 3. The van der Waals surface area contributed by atoms with Crippen molar-refractivity contribution in [2.45, 2.75) is 32.9 Å². The summed E-state index contributed by atoms with van der Waals surface area (Å²) in [5.41, 5.74) is 5.07. The molecule has 0 aromatic rings. The smallest absolute Gasteiger partial charge is 0.155 e. The van der Waals surface area contributed by atoms with Gasteiger partial charge in [-0.2, -0.15) is 5.26 Å². The molecule has 0 radical (unpaired) electrons. The third-order valence-electron chi connectivity index (χ3n) is 0.630. The maximum absolute atomic E-state index is 8.45. The molecule has 0 aliphatic rings. The highest BCUT2D eigenvalue weighted by molar-refractivity contribution is 4.87. The molecule has 0 heterocycles. The molecule has 3 nitrogen and oxygen atoms in total. The summed E-state index contributed by atoms with van der Waals surface area (Å²) in [7, 11) is 0. The fourth-order valence-corrected chi connectivity index (χ4v) is 0.118. The Kier molecular flexibility index (Phi) is 9.25. The Bertz CT molecular complexity index is 85.5. The molecule has 3 N–H and O–H groups in total. The maximum atomic E-state index is 8.45. The quantitative estimate of drug-likeness (QED) is 0.500. The average molecular weight is 130 g/mol. The Labute approximate surface area is 56.1 Å². The van der Waals surface area contributed by atoms with Gasteiger partial charge in [-0.05, 0) is 6.92 Å². The number of rotatable bonds is 1. The summed E-state index contributed by atoms with van der Waals surface area (Å²) in [5.74, 6) is 0. The number of aliphatic hydroxyl groups excluding tert-OH is 1. The van der Waals surface area contributed by atoms with Crippen molar-refractivity contribution in [3.63, 3.8) is 0 Å². The van der Waals surface area contributed by atoms with E-state index < -0.39 is 12.1 Å². The third kappa shape index (κ3) is 7.41. The van der Waals surface area contributed by atoms with Crippen LogP contribution in [0.4, 0.5) is 0 Å². The second-order valence-corrected chi connectivity index (χ2v) is 1.43. The summed E-state index contributed by atoms with van der Waals surface area (Å²) >= 11 is 0. The highest BCUT2D eigenvalue weighted by atomic mass is 16.3. The van der Waals surface area contributed by atoms with Crippen molar-refractivity contribution in [2.24, 2.45) is 5.73 Å². The van der Waals surface area contributed by atoms with Crippen LogP contribution in [0.5, 0.6) is 0 Å². The minimum atomic E-state index is -1.01. The van der Waals surface area contributed by atoms with Gasteiger partial charge in [0.2, 0.25) is 0 Å². The van der Waals surface area contributed by atoms with Crippen LogP contribution in [0.25, 0.3) is 0 Å². The first-order valence-electron chi connectivity index (χ1n) is 3.01. The van der Waals surface area contributed by atoms with E-state index in [9.17, 15) is 0 Å². The largest absolute Gasteiger partial charge is 0.376 e. The zero-order valence-corrected chi connectivity index (χ0v) is 6.13. The van der Waals surface area contributed by atoms with Gasteiger partial charge in [0.25, 0.3) is 0 Å². The van der Waals surface area contributed by atoms with Crippen molar-refractivity contribution >= 4 is 0 Å². The lowest BCUT2D eigenvalue weighted by Gasteiger charge is -2.02. The van der Waals surface area contributed by atoms with Crippen molar-refractivity contribution in [2.75, 3.05) is 0 Å². The van der Waals surface area contributed by atoms with Gasteiger partial charge in [-0.3, -0.25) is 0 Å². The topological polar surface area (TPSA) is 70.0 Å². The van der Waals surface area contributed by atoms with Crippen LogP contribution in [0.2, 0.25) is 0 Å². The molecule has 0 fully saturated rings. The van der Waals surface area contributed by atoms with Gasteiger partial charge in [0.1, 0.15) is 0 Å². The van der Waals surface area contributed by atoms with Crippen molar-refractivity contribution in [3.8, 4) is 6.07 Å². The predicted molar refractivity (Wildman–Crippen MR) is 36.6 cm³/mol. The van der Waals surface area contributed by atoms with Gasteiger partial charge in [0.15, 0.2) is 6.10 Å². The van der Waals surface area contributed by atoms with E-state index in [0.717, 1.165) is 0 Å². The Morgan fingerprint density at radius 1 is 1.56 bits per heavy atom. The average Bonchev–Trinajstić information content (AvgIpc) is 1.91. The van der Waals surface area contributed by atoms with E-state index in [2.05, 4.69) is 0 Å². The van der Waals surface area contributed by atoms with Crippen LogP contribution in [-0.4, -0.2) is 17.3 Å². The molecule has 2 unspecified atom stereocenters. The second kappa shape index (κ2) is 7.41. The lowest BCUT2D eigenvalue weighted by Crippen LogP contribution is -2.29. The Morgan fingerprint density at radius 2 is 1.89 bits per heavy atom. The fraction of sp³-hybridized carbons (Fsp3) is 0.833. The van der Waals surface area contributed by atoms with Gasteiger partial charge in [0.05, 0.1) is 6.07 Å². The molecule has 0 saturated carbocycles. The Hall–Kier alpha value is -0.590. The van der Waals surface area contributed by atoms with E-state index in [1.54, 1.807) is 13.0 Å². The molecular formula is C6H14N2O. The molecule has 3 heteroatoms. The molecule has 0 amide bonds. The molecule has 54 valence electrons. The molecule has 0 spiro atoms. The highest BCUT2D eigenvalue weighted by Gasteiger charge is 2.04. The summed E-state index contributed by atoms with van der Waals surface area (Å²) in [6, 6.07) is 1.16. The first-order chi connectivity index (χ1) is 4.18. The van der Waals surface area contributed by atoms with Gasteiger partial charge >= 0.3 is 0 Å². The number of nitrogens with zero attached hydrogens (tertiary/aromatic N) is 1.